The smallest absolute Gasteiger partial charge is 0.238 e. The molecule has 0 aliphatic carbocycles. The van der Waals surface area contributed by atoms with Gasteiger partial charge in [0.2, 0.25) is 10.0 Å². The Balaban J connectivity index is 1.81. The van der Waals surface area contributed by atoms with Crippen molar-refractivity contribution in [3.63, 3.8) is 0 Å². The van der Waals surface area contributed by atoms with Crippen LogP contribution in [0.4, 0.5) is 22.9 Å². The number of phenols is 2. The molecule has 0 radical (unpaired) electrons. The molecule has 0 saturated carbocycles. The molecule has 0 saturated heterocycles. The van der Waals surface area contributed by atoms with Gasteiger partial charge in [0.1, 0.15) is 22.9 Å². The Kier molecular flexibility index (Phi) is 5.15. The lowest BCUT2D eigenvalue weighted by molar-refractivity contribution is 0.462. The first-order valence-corrected chi connectivity index (χ1v) is 9.29. The van der Waals surface area contributed by atoms with Crippen LogP contribution in [0.3, 0.4) is 0 Å². The number of hydrogen-bond acceptors (Lipinski definition) is 9. The number of sulfonamides is 1. The summed E-state index contributed by atoms with van der Waals surface area (Å²) in [6.07, 6.45) is 1.55. The number of nitrogens with zero attached hydrogens (tertiary/aromatic N) is 6. The van der Waals surface area contributed by atoms with Gasteiger partial charge in [-0.3, -0.25) is 0 Å². The van der Waals surface area contributed by atoms with Crippen LogP contribution in [0.5, 0.6) is 11.5 Å². The highest BCUT2D eigenvalue weighted by Crippen LogP contribution is 2.39. The van der Waals surface area contributed by atoms with Gasteiger partial charge in [0.25, 0.3) is 0 Å². The topological polar surface area (TPSA) is 168 Å². The summed E-state index contributed by atoms with van der Waals surface area (Å²) in [7, 11) is -2.11. The monoisotopic (exact) mass is 401 g/mol. The van der Waals surface area contributed by atoms with Crippen LogP contribution in [-0.4, -0.2) is 28.4 Å². The molecule has 0 unspecified atom stereocenters. The predicted molar refractivity (Wildman–Crippen MR) is 99.1 cm³/mol. The maximum atomic E-state index is 11.2. The van der Waals surface area contributed by atoms with Crippen LogP contribution in [-0.2, 0) is 17.1 Å². The minimum absolute atomic E-state index is 0.00694. The summed E-state index contributed by atoms with van der Waals surface area (Å²) in [5, 5.41) is 44.6. The second-order valence-electron chi connectivity index (χ2n) is 5.58. The van der Waals surface area contributed by atoms with E-state index in [-0.39, 0.29) is 27.8 Å². The second kappa shape index (κ2) is 7.54. The van der Waals surface area contributed by atoms with Crippen LogP contribution in [0, 0.1) is 0 Å². The average Bonchev–Trinajstić information content (AvgIpc) is 3.05. The predicted octanol–water partition coefficient (Wildman–Crippen LogP) is 3.31. The van der Waals surface area contributed by atoms with E-state index in [1.807, 2.05) is 0 Å². The van der Waals surface area contributed by atoms with E-state index >= 15 is 0 Å². The van der Waals surface area contributed by atoms with Crippen molar-refractivity contribution in [3.8, 4) is 11.5 Å². The van der Waals surface area contributed by atoms with Crippen molar-refractivity contribution in [1.29, 1.82) is 0 Å². The molecule has 1 aromatic heterocycles. The zero-order valence-corrected chi connectivity index (χ0v) is 15.3. The number of phenolic OH excluding ortho intramolecular Hbond substituents is 2. The molecule has 0 amide bonds. The van der Waals surface area contributed by atoms with Crippen molar-refractivity contribution < 1.29 is 18.6 Å². The molecule has 0 atom stereocenters. The number of azo groups is 2. The van der Waals surface area contributed by atoms with Gasteiger partial charge in [-0.1, -0.05) is 0 Å². The molecule has 4 N–H and O–H groups in total. The van der Waals surface area contributed by atoms with Crippen molar-refractivity contribution in [2.75, 3.05) is 0 Å². The Hall–Kier alpha value is -3.64. The van der Waals surface area contributed by atoms with E-state index in [0.29, 0.717) is 11.5 Å². The number of benzene rings is 2. The Morgan fingerprint density at radius 3 is 2.00 bits per heavy atom. The molecule has 0 aliphatic heterocycles. The van der Waals surface area contributed by atoms with Crippen LogP contribution in [0.2, 0.25) is 0 Å². The zero-order valence-electron chi connectivity index (χ0n) is 14.5. The Labute approximate surface area is 159 Å². The maximum absolute atomic E-state index is 11.2. The third kappa shape index (κ3) is 4.36. The van der Waals surface area contributed by atoms with Gasteiger partial charge >= 0.3 is 0 Å². The van der Waals surface area contributed by atoms with Gasteiger partial charge in [-0.05, 0) is 24.3 Å². The lowest BCUT2D eigenvalue weighted by Crippen LogP contribution is -2.11. The van der Waals surface area contributed by atoms with E-state index in [2.05, 4.69) is 25.6 Å². The molecule has 12 heteroatoms. The van der Waals surface area contributed by atoms with Gasteiger partial charge in [-0.2, -0.15) is 10.2 Å². The van der Waals surface area contributed by atoms with Crippen LogP contribution in [0.1, 0.15) is 0 Å². The fourth-order valence-corrected chi connectivity index (χ4v) is 2.61. The third-order valence-electron chi connectivity index (χ3n) is 3.57. The summed E-state index contributed by atoms with van der Waals surface area (Å²) in [6, 6.07) is 9.35. The Morgan fingerprint density at radius 1 is 0.929 bits per heavy atom. The highest BCUT2D eigenvalue weighted by atomic mass is 32.2. The van der Waals surface area contributed by atoms with E-state index in [1.165, 1.54) is 41.1 Å². The van der Waals surface area contributed by atoms with E-state index in [1.54, 1.807) is 19.3 Å². The largest absolute Gasteiger partial charge is 0.506 e. The van der Waals surface area contributed by atoms with Crippen LogP contribution < -0.4 is 5.14 Å². The lowest BCUT2D eigenvalue weighted by atomic mass is 10.2. The first kappa shape index (κ1) is 19.1. The second-order valence-corrected chi connectivity index (χ2v) is 7.14. The van der Waals surface area contributed by atoms with Crippen molar-refractivity contribution in [2.24, 2.45) is 32.6 Å². The first-order valence-electron chi connectivity index (χ1n) is 7.74. The minimum atomic E-state index is -3.80. The van der Waals surface area contributed by atoms with E-state index < -0.39 is 10.0 Å². The summed E-state index contributed by atoms with van der Waals surface area (Å²) in [6.45, 7) is 0. The van der Waals surface area contributed by atoms with Gasteiger partial charge in [0, 0.05) is 25.2 Å². The molecule has 28 heavy (non-hydrogen) atoms. The molecular formula is C16H15N7O4S. The first-order chi connectivity index (χ1) is 13.2. The van der Waals surface area contributed by atoms with Crippen molar-refractivity contribution >= 4 is 32.9 Å². The third-order valence-corrected chi connectivity index (χ3v) is 4.49. The van der Waals surface area contributed by atoms with E-state index in [0.717, 1.165) is 0 Å². The summed E-state index contributed by atoms with van der Waals surface area (Å²) in [5.41, 5.74) is 0.355. The molecular weight excluding hydrogens is 386 g/mol. The average molecular weight is 401 g/mol. The molecule has 3 aromatic rings. The normalized spacial score (nSPS) is 12.2. The van der Waals surface area contributed by atoms with Crippen LogP contribution in [0.15, 0.2) is 74.0 Å². The molecule has 2 aromatic carbocycles. The standard InChI is InChI=1S/C16H15N7O4S/c1-23-16(6-7-18-23)22-21-13-9-14(24)12(8-15(13)25)20-19-10-2-4-11(5-3-10)28(17,26)27/h2-9,24-25H,1H3,(H2,17,26,27). The SMILES string of the molecule is Cn1nccc1N=Nc1cc(O)c(N=Nc2ccc(S(N)(=O)=O)cc2)cc1O. The van der Waals surface area contributed by atoms with E-state index in [4.69, 9.17) is 5.14 Å². The highest BCUT2D eigenvalue weighted by molar-refractivity contribution is 7.89. The summed E-state index contributed by atoms with van der Waals surface area (Å²) in [4.78, 5) is -0.0601. The number of hydrogen-bond donors (Lipinski definition) is 3. The molecule has 0 bridgehead atoms. The fraction of sp³-hybridized carbons (Fsp3) is 0.0625. The highest BCUT2D eigenvalue weighted by Gasteiger charge is 2.09. The lowest BCUT2D eigenvalue weighted by Gasteiger charge is -2.03. The van der Waals surface area contributed by atoms with Crippen molar-refractivity contribution in [3.05, 3.63) is 48.7 Å². The summed E-state index contributed by atoms with van der Waals surface area (Å²) < 4.78 is 23.9. The van der Waals surface area contributed by atoms with Gasteiger partial charge < -0.3 is 10.2 Å². The number of rotatable bonds is 5. The van der Waals surface area contributed by atoms with Gasteiger partial charge in [-0.15, -0.1) is 15.3 Å². The Bertz CT molecular complexity index is 1170. The van der Waals surface area contributed by atoms with Crippen molar-refractivity contribution in [2.45, 2.75) is 4.90 Å². The minimum Gasteiger partial charge on any atom is -0.506 e. The van der Waals surface area contributed by atoms with Gasteiger partial charge in [0.05, 0.1) is 16.8 Å². The Morgan fingerprint density at radius 2 is 1.50 bits per heavy atom. The van der Waals surface area contributed by atoms with Crippen LogP contribution >= 0.6 is 0 Å². The van der Waals surface area contributed by atoms with E-state index in [9.17, 15) is 18.6 Å². The molecule has 1 heterocycles. The molecule has 11 nitrogen and oxygen atoms in total. The summed E-state index contributed by atoms with van der Waals surface area (Å²) in [5.74, 6) is -0.0745. The molecule has 0 spiro atoms. The molecule has 144 valence electrons. The quantitative estimate of drug-likeness (QED) is 0.439. The molecule has 0 fully saturated rings. The number of aromatic nitrogens is 2. The number of primary sulfonamides is 1. The number of nitrogens with two attached hydrogens (primary N) is 1. The summed E-state index contributed by atoms with van der Waals surface area (Å²) >= 11 is 0. The number of aromatic hydroxyl groups is 2. The van der Waals surface area contributed by atoms with Gasteiger partial charge in [0.15, 0.2) is 5.82 Å². The maximum Gasteiger partial charge on any atom is 0.238 e. The van der Waals surface area contributed by atoms with Crippen LogP contribution in [0.25, 0.3) is 0 Å². The van der Waals surface area contributed by atoms with Crippen molar-refractivity contribution in [1.82, 2.24) is 9.78 Å². The fourth-order valence-electron chi connectivity index (χ4n) is 2.10. The molecule has 0 aliphatic rings. The molecule has 3 rings (SSSR count). The number of aryl methyl sites for hydroxylation is 1. The van der Waals surface area contributed by atoms with Gasteiger partial charge in [-0.25, -0.2) is 18.2 Å². The zero-order chi connectivity index (χ0) is 20.3.